The molecule has 7 nitrogen and oxygen atoms in total. The van der Waals surface area contributed by atoms with Gasteiger partial charge in [0.2, 0.25) is 0 Å². The van der Waals surface area contributed by atoms with E-state index >= 15 is 0 Å². The molecule has 0 saturated carbocycles. The number of likely N-dealkylation sites (tertiary alicyclic amines) is 1. The van der Waals surface area contributed by atoms with Gasteiger partial charge < -0.3 is 15.3 Å². The number of aromatic nitrogens is 2. The summed E-state index contributed by atoms with van der Waals surface area (Å²) < 4.78 is 0. The zero-order valence-corrected chi connectivity index (χ0v) is 21.8. The van der Waals surface area contributed by atoms with Gasteiger partial charge in [0.25, 0.3) is 5.91 Å². The van der Waals surface area contributed by atoms with Gasteiger partial charge in [-0.1, -0.05) is 68.2 Å². The predicted molar refractivity (Wildman–Crippen MR) is 141 cm³/mol. The van der Waals surface area contributed by atoms with Crippen LogP contribution in [0.2, 0.25) is 10.0 Å². The van der Waals surface area contributed by atoms with Gasteiger partial charge in [-0.25, -0.2) is 9.78 Å². The van der Waals surface area contributed by atoms with Crippen LogP contribution in [0.5, 0.6) is 0 Å². The molecule has 3 aromatic rings. The van der Waals surface area contributed by atoms with Crippen molar-refractivity contribution in [2.24, 2.45) is 5.41 Å². The number of benzene rings is 2. The molecule has 0 aliphatic carbocycles. The van der Waals surface area contributed by atoms with Crippen molar-refractivity contribution in [1.82, 2.24) is 20.2 Å². The van der Waals surface area contributed by atoms with E-state index in [0.717, 1.165) is 11.1 Å². The van der Waals surface area contributed by atoms with Gasteiger partial charge in [0.15, 0.2) is 0 Å². The molecule has 0 spiro atoms. The van der Waals surface area contributed by atoms with Crippen LogP contribution < -0.4 is 5.32 Å². The van der Waals surface area contributed by atoms with Crippen LogP contribution in [0.15, 0.2) is 54.7 Å². The number of carboxylic acid groups (broad SMARTS) is 1. The van der Waals surface area contributed by atoms with E-state index in [0.29, 0.717) is 40.8 Å². The molecule has 36 heavy (non-hydrogen) atoms. The fraction of sp³-hybridized carbons (Fsp3) is 0.333. The van der Waals surface area contributed by atoms with Crippen molar-refractivity contribution in [3.05, 3.63) is 70.5 Å². The number of carbonyl (C=O) groups excluding carboxylic acids is 1. The molecule has 188 valence electrons. The summed E-state index contributed by atoms with van der Waals surface area (Å²) in [5.74, 6) is -0.396. The van der Waals surface area contributed by atoms with Crippen LogP contribution >= 0.6 is 23.2 Å². The summed E-state index contributed by atoms with van der Waals surface area (Å²) in [6, 6.07) is 13.7. The number of amides is 2. The molecule has 2 atom stereocenters. The average Bonchev–Trinajstić information content (AvgIpc) is 2.84. The highest BCUT2D eigenvalue weighted by Crippen LogP contribution is 2.33. The van der Waals surface area contributed by atoms with Crippen LogP contribution in [0, 0.1) is 5.41 Å². The first-order chi connectivity index (χ1) is 17.0. The molecule has 0 radical (unpaired) electrons. The third-order valence-corrected chi connectivity index (χ3v) is 6.82. The lowest BCUT2D eigenvalue weighted by atomic mass is 9.77. The zero-order chi connectivity index (χ0) is 26.0. The van der Waals surface area contributed by atoms with Crippen LogP contribution in [0.1, 0.15) is 44.1 Å². The van der Waals surface area contributed by atoms with Gasteiger partial charge in [0, 0.05) is 27.7 Å². The minimum Gasteiger partial charge on any atom is -0.465 e. The quantitative estimate of drug-likeness (QED) is 0.409. The van der Waals surface area contributed by atoms with Gasteiger partial charge in [0.05, 0.1) is 29.7 Å². The topological polar surface area (TPSA) is 95.4 Å². The third kappa shape index (κ3) is 5.63. The molecule has 1 aromatic heterocycles. The highest BCUT2D eigenvalue weighted by Gasteiger charge is 2.42. The SMILES string of the molecule is CC(C)(C)C1C(NC(=O)c2cnc(-c3ccc(Cl)cc3)c(-c3ccc(Cl)cc3)n2)CCCN1C(=O)O. The van der Waals surface area contributed by atoms with Gasteiger partial charge in [0.1, 0.15) is 5.69 Å². The first-order valence-electron chi connectivity index (χ1n) is 11.7. The standard InChI is InChI=1S/C27H28Cl2N4O3/c1-27(2,3)24-20(5-4-14-33(24)26(35)36)32-25(34)21-15-30-22(16-6-10-18(28)11-7-16)23(31-21)17-8-12-19(29)13-9-17/h6-13,15,20,24H,4-5,14H2,1-3H3,(H,32,34)(H,35,36). The molecule has 2 unspecified atom stereocenters. The van der Waals surface area contributed by atoms with E-state index in [1.54, 1.807) is 24.3 Å². The fourth-order valence-corrected chi connectivity index (χ4v) is 5.05. The van der Waals surface area contributed by atoms with E-state index in [9.17, 15) is 14.7 Å². The Bertz CT molecular complexity index is 1260. The Kier molecular flexibility index (Phi) is 7.52. The first-order valence-corrected chi connectivity index (χ1v) is 12.5. The van der Waals surface area contributed by atoms with Crippen LogP contribution in [0.25, 0.3) is 22.5 Å². The number of halogens is 2. The van der Waals surface area contributed by atoms with Crippen LogP contribution in [-0.4, -0.2) is 50.6 Å². The second-order valence-corrected chi connectivity index (χ2v) is 10.8. The van der Waals surface area contributed by atoms with Gasteiger partial charge >= 0.3 is 6.09 Å². The summed E-state index contributed by atoms with van der Waals surface area (Å²) >= 11 is 12.1. The van der Waals surface area contributed by atoms with Gasteiger partial charge in [-0.05, 0) is 42.5 Å². The summed E-state index contributed by atoms with van der Waals surface area (Å²) in [6.45, 7) is 6.40. The number of hydrogen-bond acceptors (Lipinski definition) is 4. The molecule has 2 aromatic carbocycles. The van der Waals surface area contributed by atoms with Crippen molar-refractivity contribution in [3.63, 3.8) is 0 Å². The van der Waals surface area contributed by atoms with Crippen LogP contribution in [0.4, 0.5) is 4.79 Å². The summed E-state index contributed by atoms with van der Waals surface area (Å²) in [4.78, 5) is 36.0. The van der Waals surface area contributed by atoms with Crippen molar-refractivity contribution in [2.45, 2.75) is 45.7 Å². The van der Waals surface area contributed by atoms with Gasteiger partial charge in [-0.2, -0.15) is 0 Å². The molecular weight excluding hydrogens is 499 g/mol. The number of carbonyl (C=O) groups is 2. The summed E-state index contributed by atoms with van der Waals surface area (Å²) in [6.07, 6.45) is 1.81. The average molecular weight is 527 g/mol. The van der Waals surface area contributed by atoms with Crippen LogP contribution in [0.3, 0.4) is 0 Å². The zero-order valence-electron chi connectivity index (χ0n) is 20.3. The number of hydrogen-bond donors (Lipinski definition) is 2. The Morgan fingerprint density at radius 2 is 1.53 bits per heavy atom. The van der Waals surface area contributed by atoms with E-state index < -0.39 is 12.0 Å². The minimum atomic E-state index is -0.981. The molecular formula is C27H28Cl2N4O3. The molecule has 1 aliphatic rings. The Morgan fingerprint density at radius 3 is 2.06 bits per heavy atom. The molecule has 9 heteroatoms. The maximum absolute atomic E-state index is 13.4. The number of rotatable bonds is 4. The van der Waals surface area contributed by atoms with Crippen molar-refractivity contribution >= 4 is 35.2 Å². The number of nitrogens with one attached hydrogen (secondary N) is 1. The number of nitrogens with zero attached hydrogens (tertiary/aromatic N) is 3. The molecule has 0 bridgehead atoms. The first kappa shape index (κ1) is 25.9. The maximum Gasteiger partial charge on any atom is 0.407 e. The Balaban J connectivity index is 1.70. The van der Waals surface area contributed by atoms with E-state index in [2.05, 4.69) is 10.3 Å². The molecule has 1 fully saturated rings. The second kappa shape index (κ2) is 10.4. The van der Waals surface area contributed by atoms with E-state index in [1.165, 1.54) is 11.1 Å². The fourth-order valence-electron chi connectivity index (χ4n) is 4.80. The number of piperidine rings is 1. The molecule has 2 heterocycles. The molecule has 1 aliphatic heterocycles. The van der Waals surface area contributed by atoms with Crippen molar-refractivity contribution in [3.8, 4) is 22.5 Å². The normalized spacial score (nSPS) is 18.1. The van der Waals surface area contributed by atoms with Crippen molar-refractivity contribution in [1.29, 1.82) is 0 Å². The van der Waals surface area contributed by atoms with Crippen molar-refractivity contribution in [2.75, 3.05) is 6.54 Å². The monoisotopic (exact) mass is 526 g/mol. The molecule has 4 rings (SSSR count). The largest absolute Gasteiger partial charge is 0.465 e. The van der Waals surface area contributed by atoms with E-state index in [-0.39, 0.29) is 23.2 Å². The third-order valence-electron chi connectivity index (χ3n) is 6.32. The highest BCUT2D eigenvalue weighted by molar-refractivity contribution is 6.31. The predicted octanol–water partition coefficient (Wildman–Crippen LogP) is 6.40. The summed E-state index contributed by atoms with van der Waals surface area (Å²) in [7, 11) is 0. The maximum atomic E-state index is 13.4. The lowest BCUT2D eigenvalue weighted by molar-refractivity contribution is 0.0357. The van der Waals surface area contributed by atoms with Crippen molar-refractivity contribution < 1.29 is 14.7 Å². The Labute approximate surface area is 220 Å². The van der Waals surface area contributed by atoms with E-state index in [4.69, 9.17) is 28.2 Å². The molecule has 1 saturated heterocycles. The lowest BCUT2D eigenvalue weighted by Crippen LogP contribution is -2.61. The second-order valence-electron chi connectivity index (χ2n) is 9.98. The lowest BCUT2D eigenvalue weighted by Gasteiger charge is -2.46. The van der Waals surface area contributed by atoms with Gasteiger partial charge in [-0.15, -0.1) is 0 Å². The van der Waals surface area contributed by atoms with Gasteiger partial charge in [-0.3, -0.25) is 9.78 Å². The minimum absolute atomic E-state index is 0.151. The summed E-state index contributed by atoms with van der Waals surface area (Å²) in [5, 5.41) is 14.0. The molecule has 2 amide bonds. The van der Waals surface area contributed by atoms with Crippen LogP contribution in [-0.2, 0) is 0 Å². The Morgan fingerprint density at radius 1 is 0.972 bits per heavy atom. The summed E-state index contributed by atoms with van der Waals surface area (Å²) in [5.41, 5.74) is 2.49. The highest BCUT2D eigenvalue weighted by atomic mass is 35.5. The Hall–Kier alpha value is -3.16. The smallest absolute Gasteiger partial charge is 0.407 e. The van der Waals surface area contributed by atoms with E-state index in [1.807, 2.05) is 45.0 Å². The molecule has 2 N–H and O–H groups in total.